The van der Waals surface area contributed by atoms with E-state index in [4.69, 9.17) is 11.6 Å². The van der Waals surface area contributed by atoms with E-state index in [0.29, 0.717) is 12.0 Å². The highest BCUT2D eigenvalue weighted by Crippen LogP contribution is 2.37. The molecule has 0 saturated heterocycles. The highest BCUT2D eigenvalue weighted by molar-refractivity contribution is 6.30. The van der Waals surface area contributed by atoms with E-state index >= 15 is 0 Å². The lowest BCUT2D eigenvalue weighted by atomic mass is 9.88. The second-order valence-electron chi connectivity index (χ2n) is 10.4. The number of benzene rings is 2. The summed E-state index contributed by atoms with van der Waals surface area (Å²) in [6.07, 6.45) is 17.4. The fourth-order valence-corrected chi connectivity index (χ4v) is 6.51. The van der Waals surface area contributed by atoms with Crippen LogP contribution in [0.3, 0.4) is 0 Å². The smallest absolute Gasteiger partial charge is 0.0483 e. The summed E-state index contributed by atoms with van der Waals surface area (Å²) in [5.74, 6) is 1.18. The predicted octanol–water partition coefficient (Wildman–Crippen LogP) is 8.32. The number of nitrogens with one attached hydrogen (secondary N) is 1. The fraction of sp³-hybridized carbons (Fsp3) is 0.533. The Hall–Kier alpha value is -1.77. The third-order valence-electron chi connectivity index (χ3n) is 8.10. The molecule has 0 bridgehead atoms. The van der Waals surface area contributed by atoms with Crippen LogP contribution in [0.25, 0.3) is 10.9 Å². The molecule has 0 spiro atoms. The molecule has 1 unspecified atom stereocenters. The third kappa shape index (κ3) is 5.66. The molecule has 1 heterocycles. The van der Waals surface area contributed by atoms with Gasteiger partial charge in [-0.3, -0.25) is 0 Å². The topological polar surface area (TPSA) is 17.0 Å². The Bertz CT molecular complexity index is 1030. The van der Waals surface area contributed by atoms with Crippen LogP contribution in [0.5, 0.6) is 0 Å². The van der Waals surface area contributed by atoms with Crippen molar-refractivity contribution in [2.45, 2.75) is 89.1 Å². The summed E-state index contributed by atoms with van der Waals surface area (Å²) in [7, 11) is 0. The van der Waals surface area contributed by atoms with E-state index in [1.54, 1.807) is 0 Å². The van der Waals surface area contributed by atoms with Crippen LogP contribution in [-0.2, 0) is 6.54 Å². The maximum absolute atomic E-state index is 6.46. The van der Waals surface area contributed by atoms with Gasteiger partial charge in [-0.1, -0.05) is 80.5 Å². The first-order valence-corrected chi connectivity index (χ1v) is 13.7. The summed E-state index contributed by atoms with van der Waals surface area (Å²) >= 11 is 6.46. The van der Waals surface area contributed by atoms with Crippen LogP contribution >= 0.6 is 11.6 Å². The van der Waals surface area contributed by atoms with Crippen LogP contribution in [0.1, 0.15) is 87.7 Å². The summed E-state index contributed by atoms with van der Waals surface area (Å²) in [4.78, 5) is 0. The lowest BCUT2D eigenvalue weighted by Crippen LogP contribution is -2.32. The van der Waals surface area contributed by atoms with Gasteiger partial charge in [-0.05, 0) is 73.9 Å². The van der Waals surface area contributed by atoms with Crippen molar-refractivity contribution in [1.82, 2.24) is 9.88 Å². The SMILES string of the molecule is Clc1cccc(C(CCNC2CCCCC2)c2cn(CC3CCCCC3)c3ccccc23)c1. The van der Waals surface area contributed by atoms with E-state index in [-0.39, 0.29) is 0 Å². The Morgan fingerprint density at radius 1 is 0.879 bits per heavy atom. The maximum Gasteiger partial charge on any atom is 0.0483 e. The molecule has 2 fully saturated rings. The minimum absolute atomic E-state index is 0.359. The van der Waals surface area contributed by atoms with Crippen LogP contribution in [0.15, 0.2) is 54.7 Å². The number of para-hydroxylation sites is 1. The first-order valence-electron chi connectivity index (χ1n) is 13.3. The molecule has 0 amide bonds. The van der Waals surface area contributed by atoms with Crippen molar-refractivity contribution in [2.24, 2.45) is 5.92 Å². The monoisotopic (exact) mass is 462 g/mol. The Morgan fingerprint density at radius 3 is 2.42 bits per heavy atom. The molecular formula is C30H39ClN2. The quantitative estimate of drug-likeness (QED) is 0.356. The molecule has 3 aromatic rings. The summed E-state index contributed by atoms with van der Waals surface area (Å²) in [6.45, 7) is 2.22. The zero-order chi connectivity index (χ0) is 22.5. The van der Waals surface area contributed by atoms with Crippen molar-refractivity contribution in [3.8, 4) is 0 Å². The normalized spacial score (nSPS) is 19.2. The van der Waals surface area contributed by atoms with Gasteiger partial charge in [0.2, 0.25) is 0 Å². The van der Waals surface area contributed by atoms with Gasteiger partial charge in [-0.15, -0.1) is 0 Å². The number of hydrogen-bond acceptors (Lipinski definition) is 1. The van der Waals surface area contributed by atoms with E-state index in [9.17, 15) is 0 Å². The zero-order valence-electron chi connectivity index (χ0n) is 19.9. The third-order valence-corrected chi connectivity index (χ3v) is 8.33. The molecule has 1 atom stereocenters. The Kier molecular flexibility index (Phi) is 7.74. The summed E-state index contributed by atoms with van der Waals surface area (Å²) in [5.41, 5.74) is 4.20. The second-order valence-corrected chi connectivity index (χ2v) is 10.9. The van der Waals surface area contributed by atoms with Gasteiger partial charge in [0.05, 0.1) is 0 Å². The van der Waals surface area contributed by atoms with Crippen molar-refractivity contribution < 1.29 is 0 Å². The molecule has 33 heavy (non-hydrogen) atoms. The van der Waals surface area contributed by atoms with E-state index in [0.717, 1.165) is 30.5 Å². The Balaban J connectivity index is 1.43. The molecule has 5 rings (SSSR count). The van der Waals surface area contributed by atoms with Gasteiger partial charge in [0, 0.05) is 40.6 Å². The fourth-order valence-electron chi connectivity index (χ4n) is 6.32. The summed E-state index contributed by atoms with van der Waals surface area (Å²) in [5, 5.41) is 6.14. The van der Waals surface area contributed by atoms with Crippen molar-refractivity contribution in [3.63, 3.8) is 0 Å². The molecule has 2 aliphatic rings. The number of hydrogen-bond donors (Lipinski definition) is 1. The van der Waals surface area contributed by atoms with E-state index < -0.39 is 0 Å². The lowest BCUT2D eigenvalue weighted by molar-refractivity contribution is 0.322. The first-order chi connectivity index (χ1) is 16.3. The van der Waals surface area contributed by atoms with E-state index in [1.807, 2.05) is 6.07 Å². The zero-order valence-corrected chi connectivity index (χ0v) is 20.7. The molecule has 0 aliphatic heterocycles. The molecule has 2 nitrogen and oxygen atoms in total. The van der Waals surface area contributed by atoms with Gasteiger partial charge in [0.15, 0.2) is 0 Å². The van der Waals surface area contributed by atoms with Gasteiger partial charge in [-0.25, -0.2) is 0 Å². The highest BCUT2D eigenvalue weighted by atomic mass is 35.5. The highest BCUT2D eigenvalue weighted by Gasteiger charge is 2.22. The van der Waals surface area contributed by atoms with Gasteiger partial charge >= 0.3 is 0 Å². The second kappa shape index (κ2) is 11.1. The van der Waals surface area contributed by atoms with Crippen LogP contribution in [0, 0.1) is 5.92 Å². The molecular weight excluding hydrogens is 424 g/mol. The van der Waals surface area contributed by atoms with Crippen molar-refractivity contribution in [3.05, 3.63) is 70.9 Å². The number of halogens is 1. The number of fused-ring (bicyclic) bond motifs is 1. The van der Waals surface area contributed by atoms with Crippen LogP contribution in [-0.4, -0.2) is 17.2 Å². The molecule has 2 aromatic carbocycles. The Morgan fingerprint density at radius 2 is 1.64 bits per heavy atom. The van der Waals surface area contributed by atoms with E-state index in [2.05, 4.69) is 58.5 Å². The van der Waals surface area contributed by atoms with Gasteiger partial charge in [0.25, 0.3) is 0 Å². The van der Waals surface area contributed by atoms with Crippen molar-refractivity contribution >= 4 is 22.5 Å². The molecule has 3 heteroatoms. The minimum atomic E-state index is 0.359. The minimum Gasteiger partial charge on any atom is -0.347 e. The average Bonchev–Trinajstić information content (AvgIpc) is 3.21. The summed E-state index contributed by atoms with van der Waals surface area (Å²) in [6, 6.07) is 18.3. The average molecular weight is 463 g/mol. The maximum atomic E-state index is 6.46. The number of rotatable bonds is 8. The first kappa shape index (κ1) is 23.0. The molecule has 2 aliphatic carbocycles. The van der Waals surface area contributed by atoms with E-state index in [1.165, 1.54) is 86.2 Å². The van der Waals surface area contributed by atoms with Crippen molar-refractivity contribution in [1.29, 1.82) is 0 Å². The van der Waals surface area contributed by atoms with Gasteiger partial charge < -0.3 is 9.88 Å². The molecule has 1 N–H and O–H groups in total. The molecule has 2 saturated carbocycles. The van der Waals surface area contributed by atoms with Crippen molar-refractivity contribution in [2.75, 3.05) is 6.54 Å². The van der Waals surface area contributed by atoms with Gasteiger partial charge in [0.1, 0.15) is 0 Å². The van der Waals surface area contributed by atoms with Gasteiger partial charge in [-0.2, -0.15) is 0 Å². The predicted molar refractivity (Wildman–Crippen MR) is 141 cm³/mol. The largest absolute Gasteiger partial charge is 0.347 e. The molecule has 1 aromatic heterocycles. The van der Waals surface area contributed by atoms with Crippen LogP contribution in [0.2, 0.25) is 5.02 Å². The summed E-state index contributed by atoms with van der Waals surface area (Å²) < 4.78 is 2.56. The Labute approximate surface area is 204 Å². The standard InChI is InChI=1S/C30H39ClN2/c31-25-13-9-12-24(20-25)27(18-19-32-26-14-5-2-6-15-26)29-22-33(21-23-10-3-1-4-11-23)30-17-8-7-16-28(29)30/h7-9,12-13,16-17,20,22-23,26-27,32H,1-6,10-11,14-15,18-19,21H2. The van der Waals surface area contributed by atoms with Crippen LogP contribution in [0.4, 0.5) is 0 Å². The molecule has 0 radical (unpaired) electrons. The van der Waals surface area contributed by atoms with Crippen LogP contribution < -0.4 is 5.32 Å². The lowest BCUT2D eigenvalue weighted by Gasteiger charge is -2.25. The molecule has 176 valence electrons. The number of nitrogens with zero attached hydrogens (tertiary/aromatic N) is 1. The number of aromatic nitrogens is 1.